The molecule has 0 aliphatic carbocycles. The van der Waals surface area contributed by atoms with E-state index in [0.717, 1.165) is 12.3 Å². The minimum absolute atomic E-state index is 0.199. The number of aromatic nitrogens is 2. The molecule has 144 valence electrons. The van der Waals surface area contributed by atoms with Crippen LogP contribution in [-0.2, 0) is 6.18 Å². The number of carbonyl (C=O) groups is 1. The SMILES string of the molecule is O=C(Nc1ccc(F)c(C(F)(F)F)c1)c1c[nH]c(=O)n(-c2ccccc2)c1=O. The van der Waals surface area contributed by atoms with Gasteiger partial charge in [0, 0.05) is 11.9 Å². The number of nitrogens with zero attached hydrogens (tertiary/aromatic N) is 1. The van der Waals surface area contributed by atoms with Gasteiger partial charge in [0.1, 0.15) is 11.4 Å². The summed E-state index contributed by atoms with van der Waals surface area (Å²) in [6, 6.07) is 9.62. The number of alkyl halides is 3. The number of nitrogens with one attached hydrogen (secondary N) is 2. The van der Waals surface area contributed by atoms with Crippen LogP contribution in [0.2, 0.25) is 0 Å². The number of hydrogen-bond donors (Lipinski definition) is 2. The highest BCUT2D eigenvalue weighted by atomic mass is 19.4. The first-order valence-corrected chi connectivity index (χ1v) is 7.77. The molecule has 28 heavy (non-hydrogen) atoms. The quantitative estimate of drug-likeness (QED) is 0.671. The van der Waals surface area contributed by atoms with Crippen LogP contribution in [0.5, 0.6) is 0 Å². The highest BCUT2D eigenvalue weighted by Crippen LogP contribution is 2.33. The van der Waals surface area contributed by atoms with Crippen LogP contribution in [-0.4, -0.2) is 15.5 Å². The second-order valence-corrected chi connectivity index (χ2v) is 5.63. The Balaban J connectivity index is 1.99. The monoisotopic (exact) mass is 393 g/mol. The van der Waals surface area contributed by atoms with Gasteiger partial charge in [-0.25, -0.2) is 13.8 Å². The highest BCUT2D eigenvalue weighted by Gasteiger charge is 2.34. The predicted octanol–water partition coefficient (Wildman–Crippen LogP) is 2.94. The summed E-state index contributed by atoms with van der Waals surface area (Å²) >= 11 is 0. The second-order valence-electron chi connectivity index (χ2n) is 5.63. The number of hydrogen-bond acceptors (Lipinski definition) is 3. The van der Waals surface area contributed by atoms with Gasteiger partial charge in [0.15, 0.2) is 0 Å². The minimum Gasteiger partial charge on any atom is -0.322 e. The molecule has 1 heterocycles. The Morgan fingerprint density at radius 1 is 1.04 bits per heavy atom. The van der Waals surface area contributed by atoms with Crippen molar-refractivity contribution in [1.82, 2.24) is 9.55 Å². The molecule has 3 aromatic rings. The molecule has 0 spiro atoms. The lowest BCUT2D eigenvalue weighted by atomic mass is 10.1. The normalized spacial score (nSPS) is 11.3. The lowest BCUT2D eigenvalue weighted by Crippen LogP contribution is -2.38. The zero-order chi connectivity index (χ0) is 20.5. The summed E-state index contributed by atoms with van der Waals surface area (Å²) < 4.78 is 52.4. The lowest BCUT2D eigenvalue weighted by molar-refractivity contribution is -0.139. The number of para-hydroxylation sites is 1. The van der Waals surface area contributed by atoms with E-state index < -0.39 is 40.3 Å². The maximum Gasteiger partial charge on any atom is 0.419 e. The number of rotatable bonds is 3. The van der Waals surface area contributed by atoms with Gasteiger partial charge in [-0.1, -0.05) is 18.2 Å². The molecular weight excluding hydrogens is 382 g/mol. The third-order valence-corrected chi connectivity index (χ3v) is 3.77. The van der Waals surface area contributed by atoms with Crippen LogP contribution in [0.25, 0.3) is 5.69 Å². The molecule has 6 nitrogen and oxygen atoms in total. The van der Waals surface area contributed by atoms with E-state index in [1.165, 1.54) is 12.1 Å². The van der Waals surface area contributed by atoms with Crippen LogP contribution >= 0.6 is 0 Å². The van der Waals surface area contributed by atoms with Gasteiger partial charge in [-0.2, -0.15) is 13.2 Å². The van der Waals surface area contributed by atoms with Gasteiger partial charge >= 0.3 is 11.9 Å². The maximum atomic E-state index is 13.3. The lowest BCUT2D eigenvalue weighted by Gasteiger charge is -2.11. The molecule has 0 saturated carbocycles. The van der Waals surface area contributed by atoms with Crippen molar-refractivity contribution < 1.29 is 22.4 Å². The summed E-state index contributed by atoms with van der Waals surface area (Å²) in [6.45, 7) is 0. The fraction of sp³-hybridized carbons (Fsp3) is 0.0556. The number of halogens is 4. The largest absolute Gasteiger partial charge is 0.419 e. The molecule has 1 aromatic heterocycles. The van der Waals surface area contributed by atoms with E-state index >= 15 is 0 Å². The average molecular weight is 393 g/mol. The van der Waals surface area contributed by atoms with Crippen LogP contribution in [0, 0.1) is 5.82 Å². The molecule has 0 fully saturated rings. The number of H-pyrrole nitrogens is 1. The maximum absolute atomic E-state index is 13.3. The van der Waals surface area contributed by atoms with Crippen LogP contribution in [0.15, 0.2) is 64.3 Å². The van der Waals surface area contributed by atoms with E-state index in [1.807, 2.05) is 0 Å². The summed E-state index contributed by atoms with van der Waals surface area (Å²) in [5, 5.41) is 2.10. The summed E-state index contributed by atoms with van der Waals surface area (Å²) in [6.07, 6.45) is -4.10. The first-order chi connectivity index (χ1) is 13.2. The molecule has 2 aromatic carbocycles. The molecule has 0 aliphatic heterocycles. The van der Waals surface area contributed by atoms with Crippen molar-refractivity contribution >= 4 is 11.6 Å². The zero-order valence-electron chi connectivity index (χ0n) is 13.9. The first-order valence-electron chi connectivity index (χ1n) is 7.77. The predicted molar refractivity (Wildman–Crippen MR) is 92.0 cm³/mol. The van der Waals surface area contributed by atoms with Crippen molar-refractivity contribution in [3.05, 3.63) is 92.5 Å². The molecule has 0 aliphatic rings. The number of carbonyl (C=O) groups excluding carboxylic acids is 1. The molecule has 2 N–H and O–H groups in total. The van der Waals surface area contributed by atoms with Gasteiger partial charge < -0.3 is 10.3 Å². The van der Waals surface area contributed by atoms with Gasteiger partial charge in [-0.15, -0.1) is 0 Å². The zero-order valence-corrected chi connectivity index (χ0v) is 13.9. The van der Waals surface area contributed by atoms with Gasteiger partial charge in [0.25, 0.3) is 11.5 Å². The molecule has 3 rings (SSSR count). The summed E-state index contributed by atoms with van der Waals surface area (Å²) in [4.78, 5) is 39.1. The summed E-state index contributed by atoms with van der Waals surface area (Å²) in [5.74, 6) is -2.56. The van der Waals surface area contributed by atoms with E-state index in [-0.39, 0.29) is 11.4 Å². The van der Waals surface area contributed by atoms with Gasteiger partial charge in [0.05, 0.1) is 11.3 Å². The van der Waals surface area contributed by atoms with Gasteiger partial charge in [-0.3, -0.25) is 9.59 Å². The van der Waals surface area contributed by atoms with E-state index in [9.17, 15) is 31.9 Å². The molecule has 0 unspecified atom stereocenters. The van der Waals surface area contributed by atoms with Gasteiger partial charge in [-0.05, 0) is 30.3 Å². The fourth-order valence-corrected chi connectivity index (χ4v) is 2.47. The van der Waals surface area contributed by atoms with Crippen molar-refractivity contribution in [2.75, 3.05) is 5.32 Å². The Hall–Kier alpha value is -3.69. The Morgan fingerprint density at radius 2 is 1.71 bits per heavy atom. The Bertz CT molecular complexity index is 1150. The van der Waals surface area contributed by atoms with Crippen LogP contribution in [0.4, 0.5) is 23.2 Å². The minimum atomic E-state index is -4.96. The molecule has 0 bridgehead atoms. The number of anilines is 1. The molecule has 1 amide bonds. The third-order valence-electron chi connectivity index (χ3n) is 3.77. The molecule has 0 atom stereocenters. The number of benzene rings is 2. The van der Waals surface area contributed by atoms with E-state index in [0.29, 0.717) is 16.7 Å². The Kier molecular flexibility index (Phi) is 4.87. The first kappa shape index (κ1) is 19.1. The van der Waals surface area contributed by atoms with Crippen molar-refractivity contribution in [3.8, 4) is 5.69 Å². The fourth-order valence-electron chi connectivity index (χ4n) is 2.47. The average Bonchev–Trinajstić information content (AvgIpc) is 2.63. The Morgan fingerprint density at radius 3 is 2.36 bits per heavy atom. The molecule has 0 saturated heterocycles. The summed E-state index contributed by atoms with van der Waals surface area (Å²) in [7, 11) is 0. The summed E-state index contributed by atoms with van der Waals surface area (Å²) in [5.41, 5.74) is -4.01. The molecule has 0 radical (unpaired) electrons. The topological polar surface area (TPSA) is 84.0 Å². The number of amides is 1. The van der Waals surface area contributed by atoms with Crippen LogP contribution < -0.4 is 16.6 Å². The second kappa shape index (κ2) is 7.14. The molecule has 10 heteroatoms. The highest BCUT2D eigenvalue weighted by molar-refractivity contribution is 6.03. The molecular formula is C18H11F4N3O3. The van der Waals surface area contributed by atoms with Crippen molar-refractivity contribution in [1.29, 1.82) is 0 Å². The third kappa shape index (κ3) is 3.70. The standard InChI is InChI=1S/C18H11F4N3O3/c19-14-7-6-10(8-13(14)18(20,21)22)24-15(26)12-9-23-17(28)25(16(12)27)11-4-2-1-3-5-11/h1-9H,(H,23,28)(H,24,26). The van der Waals surface area contributed by atoms with E-state index in [4.69, 9.17) is 0 Å². The van der Waals surface area contributed by atoms with Crippen LogP contribution in [0.1, 0.15) is 15.9 Å². The van der Waals surface area contributed by atoms with Crippen LogP contribution in [0.3, 0.4) is 0 Å². The van der Waals surface area contributed by atoms with E-state index in [2.05, 4.69) is 10.3 Å². The van der Waals surface area contributed by atoms with Crippen molar-refractivity contribution in [2.24, 2.45) is 0 Å². The van der Waals surface area contributed by atoms with E-state index in [1.54, 1.807) is 18.2 Å². The van der Waals surface area contributed by atoms with Crippen molar-refractivity contribution in [2.45, 2.75) is 6.18 Å². The Labute approximate surface area is 154 Å². The smallest absolute Gasteiger partial charge is 0.322 e. The van der Waals surface area contributed by atoms with Crippen molar-refractivity contribution in [3.63, 3.8) is 0 Å². The van der Waals surface area contributed by atoms with Gasteiger partial charge in [0.2, 0.25) is 0 Å². The number of aromatic amines is 1.